The van der Waals surface area contributed by atoms with Crippen LogP contribution in [0.3, 0.4) is 0 Å². The van der Waals surface area contributed by atoms with Gasteiger partial charge in [-0.2, -0.15) is 0 Å². The topological polar surface area (TPSA) is 97.0 Å². The fourth-order valence-corrected chi connectivity index (χ4v) is 3.15. The van der Waals surface area contributed by atoms with Crippen LogP contribution in [0.1, 0.15) is 35.5 Å². The molecule has 0 radical (unpaired) electrons. The molecule has 30 heavy (non-hydrogen) atoms. The van der Waals surface area contributed by atoms with E-state index in [0.29, 0.717) is 18.8 Å². The maximum atomic E-state index is 12.3. The SMILES string of the molecule is COc1ccccc1Cc1nnc(CCC(=O)NCCCc2ccccc2)c(=O)[nH]1. The van der Waals surface area contributed by atoms with E-state index in [-0.39, 0.29) is 30.0 Å². The molecule has 0 aliphatic rings. The fourth-order valence-electron chi connectivity index (χ4n) is 3.15. The lowest BCUT2D eigenvalue weighted by Gasteiger charge is -2.07. The molecule has 7 heteroatoms. The Hall–Kier alpha value is -3.48. The molecule has 0 saturated heterocycles. The molecule has 3 rings (SSSR count). The Labute approximate surface area is 175 Å². The molecule has 0 unspecified atom stereocenters. The largest absolute Gasteiger partial charge is 0.496 e. The number of amides is 1. The number of aryl methyl sites for hydroxylation is 2. The molecule has 1 aromatic heterocycles. The number of nitrogens with zero attached hydrogens (tertiary/aromatic N) is 2. The van der Waals surface area contributed by atoms with Crippen molar-refractivity contribution in [2.24, 2.45) is 0 Å². The summed E-state index contributed by atoms with van der Waals surface area (Å²) in [6, 6.07) is 17.7. The van der Waals surface area contributed by atoms with Gasteiger partial charge in [-0.05, 0) is 24.5 Å². The van der Waals surface area contributed by atoms with Crippen molar-refractivity contribution in [1.29, 1.82) is 0 Å². The number of aromatic nitrogens is 3. The van der Waals surface area contributed by atoms with Crippen molar-refractivity contribution in [1.82, 2.24) is 20.5 Å². The first-order valence-electron chi connectivity index (χ1n) is 10.0. The maximum absolute atomic E-state index is 12.3. The van der Waals surface area contributed by atoms with Gasteiger partial charge in [0.1, 0.15) is 17.3 Å². The lowest BCUT2D eigenvalue weighted by molar-refractivity contribution is -0.121. The van der Waals surface area contributed by atoms with Crippen molar-refractivity contribution >= 4 is 5.91 Å². The summed E-state index contributed by atoms with van der Waals surface area (Å²) in [6.07, 6.45) is 2.65. The molecule has 0 spiro atoms. The number of H-pyrrole nitrogens is 1. The van der Waals surface area contributed by atoms with E-state index in [0.717, 1.165) is 24.2 Å². The highest BCUT2D eigenvalue weighted by atomic mass is 16.5. The van der Waals surface area contributed by atoms with E-state index in [2.05, 4.69) is 32.6 Å². The summed E-state index contributed by atoms with van der Waals surface area (Å²) in [7, 11) is 1.60. The first kappa shape index (κ1) is 21.2. The van der Waals surface area contributed by atoms with Gasteiger partial charge in [0.2, 0.25) is 5.91 Å². The van der Waals surface area contributed by atoms with Gasteiger partial charge in [0.25, 0.3) is 5.56 Å². The maximum Gasteiger partial charge on any atom is 0.272 e. The van der Waals surface area contributed by atoms with E-state index >= 15 is 0 Å². The van der Waals surface area contributed by atoms with E-state index in [1.54, 1.807) is 7.11 Å². The molecule has 2 N–H and O–H groups in total. The summed E-state index contributed by atoms with van der Waals surface area (Å²) in [5.41, 5.74) is 2.11. The molecule has 0 saturated carbocycles. The Bertz CT molecular complexity index is 1020. The highest BCUT2D eigenvalue weighted by Crippen LogP contribution is 2.19. The van der Waals surface area contributed by atoms with Crippen molar-refractivity contribution in [3.8, 4) is 5.75 Å². The fraction of sp³-hybridized carbons (Fsp3) is 0.304. The van der Waals surface area contributed by atoms with Crippen LogP contribution in [0, 0.1) is 0 Å². The van der Waals surface area contributed by atoms with Crippen LogP contribution in [0.4, 0.5) is 0 Å². The first-order chi connectivity index (χ1) is 14.7. The first-order valence-corrected chi connectivity index (χ1v) is 10.0. The number of benzene rings is 2. The number of nitrogens with one attached hydrogen (secondary N) is 2. The van der Waals surface area contributed by atoms with Crippen LogP contribution >= 0.6 is 0 Å². The number of ether oxygens (including phenoxy) is 1. The van der Waals surface area contributed by atoms with Gasteiger partial charge in [-0.15, -0.1) is 10.2 Å². The van der Waals surface area contributed by atoms with Crippen LogP contribution in [0.5, 0.6) is 5.75 Å². The van der Waals surface area contributed by atoms with E-state index in [4.69, 9.17) is 4.74 Å². The lowest BCUT2D eigenvalue weighted by atomic mass is 10.1. The van der Waals surface area contributed by atoms with E-state index in [9.17, 15) is 9.59 Å². The normalized spacial score (nSPS) is 10.6. The van der Waals surface area contributed by atoms with Crippen LogP contribution < -0.4 is 15.6 Å². The van der Waals surface area contributed by atoms with Gasteiger partial charge in [0.15, 0.2) is 0 Å². The third kappa shape index (κ3) is 6.27. The Kier molecular flexibility index (Phi) is 7.71. The van der Waals surface area contributed by atoms with Crippen molar-refractivity contribution in [3.63, 3.8) is 0 Å². The zero-order valence-electron chi connectivity index (χ0n) is 17.1. The molecular weight excluding hydrogens is 380 g/mol. The molecular formula is C23H26N4O3. The predicted molar refractivity (Wildman–Crippen MR) is 115 cm³/mol. The van der Waals surface area contributed by atoms with Crippen molar-refractivity contribution in [2.45, 2.75) is 32.1 Å². The molecule has 0 bridgehead atoms. The molecule has 2 aromatic carbocycles. The average molecular weight is 406 g/mol. The molecule has 1 amide bonds. The minimum absolute atomic E-state index is 0.0950. The van der Waals surface area contributed by atoms with Crippen LogP contribution in [-0.2, 0) is 24.1 Å². The zero-order chi connectivity index (χ0) is 21.2. The van der Waals surface area contributed by atoms with Crippen LogP contribution in [0.25, 0.3) is 0 Å². The number of rotatable bonds is 10. The molecule has 7 nitrogen and oxygen atoms in total. The van der Waals surface area contributed by atoms with Gasteiger partial charge in [-0.25, -0.2) is 0 Å². The Morgan fingerprint density at radius 3 is 2.57 bits per heavy atom. The van der Waals surface area contributed by atoms with Crippen LogP contribution in [0.15, 0.2) is 59.4 Å². The molecule has 0 fully saturated rings. The average Bonchev–Trinajstić information content (AvgIpc) is 2.77. The van der Waals surface area contributed by atoms with E-state index in [1.165, 1.54) is 5.56 Å². The van der Waals surface area contributed by atoms with E-state index in [1.807, 2.05) is 42.5 Å². The summed E-state index contributed by atoms with van der Waals surface area (Å²) in [5, 5.41) is 11.0. The monoisotopic (exact) mass is 406 g/mol. The second kappa shape index (κ2) is 10.9. The zero-order valence-corrected chi connectivity index (χ0v) is 17.1. The summed E-state index contributed by atoms with van der Waals surface area (Å²) in [6.45, 7) is 0.605. The molecule has 0 atom stereocenters. The molecule has 0 aliphatic carbocycles. The molecule has 156 valence electrons. The Morgan fingerprint density at radius 1 is 1.03 bits per heavy atom. The number of methoxy groups -OCH3 is 1. The van der Waals surface area contributed by atoms with Gasteiger partial charge in [0.05, 0.1) is 7.11 Å². The van der Waals surface area contributed by atoms with Gasteiger partial charge in [0, 0.05) is 31.4 Å². The highest BCUT2D eigenvalue weighted by Gasteiger charge is 2.10. The second-order valence-electron chi connectivity index (χ2n) is 6.98. The minimum Gasteiger partial charge on any atom is -0.496 e. The van der Waals surface area contributed by atoms with Gasteiger partial charge in [-0.3, -0.25) is 9.59 Å². The number of carbonyl (C=O) groups excluding carboxylic acids is 1. The number of hydrogen-bond donors (Lipinski definition) is 2. The summed E-state index contributed by atoms with van der Waals surface area (Å²) in [4.78, 5) is 27.1. The van der Waals surface area contributed by atoms with Crippen LogP contribution in [-0.4, -0.2) is 34.7 Å². The van der Waals surface area contributed by atoms with Gasteiger partial charge >= 0.3 is 0 Å². The summed E-state index contributed by atoms with van der Waals surface area (Å²) < 4.78 is 5.32. The van der Waals surface area contributed by atoms with Crippen molar-refractivity contribution in [3.05, 3.63) is 87.6 Å². The van der Waals surface area contributed by atoms with Gasteiger partial charge < -0.3 is 15.0 Å². The number of carbonyl (C=O) groups is 1. The third-order valence-electron chi connectivity index (χ3n) is 4.76. The number of hydrogen-bond acceptors (Lipinski definition) is 5. The van der Waals surface area contributed by atoms with E-state index < -0.39 is 0 Å². The summed E-state index contributed by atoms with van der Waals surface area (Å²) >= 11 is 0. The Balaban J connectivity index is 1.45. The van der Waals surface area contributed by atoms with Crippen LogP contribution in [0.2, 0.25) is 0 Å². The minimum atomic E-state index is -0.313. The summed E-state index contributed by atoms with van der Waals surface area (Å²) in [5.74, 6) is 1.09. The number of aromatic amines is 1. The second-order valence-corrected chi connectivity index (χ2v) is 6.98. The molecule has 0 aliphatic heterocycles. The molecule has 3 aromatic rings. The standard InChI is InChI=1S/C23H26N4O3/c1-30-20-12-6-5-11-18(20)16-21-25-23(29)19(26-27-21)13-14-22(28)24-15-7-10-17-8-3-2-4-9-17/h2-6,8-9,11-12H,7,10,13-16H2,1H3,(H,24,28)(H,25,27,29). The predicted octanol–water partition coefficient (Wildman–Crippen LogP) is 2.45. The Morgan fingerprint density at radius 2 is 1.80 bits per heavy atom. The lowest BCUT2D eigenvalue weighted by Crippen LogP contribution is -2.27. The smallest absolute Gasteiger partial charge is 0.272 e. The quantitative estimate of drug-likeness (QED) is 0.504. The molecule has 1 heterocycles. The van der Waals surface area contributed by atoms with Crippen molar-refractivity contribution in [2.75, 3.05) is 13.7 Å². The highest BCUT2D eigenvalue weighted by molar-refractivity contribution is 5.76. The third-order valence-corrected chi connectivity index (χ3v) is 4.76. The number of para-hydroxylation sites is 1. The van der Waals surface area contributed by atoms with Crippen molar-refractivity contribution < 1.29 is 9.53 Å². The van der Waals surface area contributed by atoms with Gasteiger partial charge in [-0.1, -0.05) is 48.5 Å².